The first-order chi connectivity index (χ1) is 14.1. The fourth-order valence-electron chi connectivity index (χ4n) is 2.90. The van der Waals surface area contributed by atoms with E-state index in [2.05, 4.69) is 24.0 Å². The molecule has 1 aromatic heterocycles. The van der Waals surface area contributed by atoms with Gasteiger partial charge in [-0.25, -0.2) is 4.98 Å². The van der Waals surface area contributed by atoms with Crippen LogP contribution in [0.4, 0.5) is 5.13 Å². The molecule has 146 valence electrons. The summed E-state index contributed by atoms with van der Waals surface area (Å²) in [6.07, 6.45) is 0. The van der Waals surface area contributed by atoms with E-state index in [0.717, 1.165) is 20.7 Å². The highest BCUT2D eigenvalue weighted by molar-refractivity contribution is 8.00. The molecule has 29 heavy (non-hydrogen) atoms. The lowest BCUT2D eigenvalue weighted by Gasteiger charge is -2.20. The predicted octanol–water partition coefficient (Wildman–Crippen LogP) is 6.58. The maximum atomic E-state index is 13.2. The van der Waals surface area contributed by atoms with Crippen LogP contribution in [0.5, 0.6) is 0 Å². The third kappa shape index (κ3) is 4.81. The summed E-state index contributed by atoms with van der Waals surface area (Å²) in [4.78, 5) is 20.7. The molecule has 0 N–H and O–H groups in total. The van der Waals surface area contributed by atoms with E-state index in [9.17, 15) is 4.79 Å². The first-order valence-corrected chi connectivity index (χ1v) is 11.4. The number of halogens is 1. The average molecular weight is 439 g/mol. The number of aromatic nitrogens is 1. The van der Waals surface area contributed by atoms with E-state index in [0.29, 0.717) is 22.5 Å². The minimum absolute atomic E-state index is 0.0228. The Labute approximate surface area is 183 Å². The Morgan fingerprint density at radius 2 is 1.79 bits per heavy atom. The lowest BCUT2D eigenvalue weighted by atomic mass is 10.2. The Kier molecular flexibility index (Phi) is 6.19. The SMILES string of the molecule is Cc1ccc(SCC(=O)N(Cc2ccccc2)c2nc3c(Cl)cccc3s2)cc1. The van der Waals surface area contributed by atoms with Crippen molar-refractivity contribution in [2.75, 3.05) is 10.7 Å². The minimum atomic E-state index is 0.0228. The van der Waals surface area contributed by atoms with E-state index in [1.807, 2.05) is 60.7 Å². The summed E-state index contributed by atoms with van der Waals surface area (Å²) in [6, 6.07) is 23.9. The maximum Gasteiger partial charge on any atom is 0.239 e. The number of rotatable bonds is 6. The van der Waals surface area contributed by atoms with Gasteiger partial charge in [-0.15, -0.1) is 11.8 Å². The van der Waals surface area contributed by atoms with Crippen LogP contribution in [-0.4, -0.2) is 16.6 Å². The monoisotopic (exact) mass is 438 g/mol. The molecule has 0 unspecified atom stereocenters. The minimum Gasteiger partial charge on any atom is -0.283 e. The van der Waals surface area contributed by atoms with Crippen LogP contribution in [0.1, 0.15) is 11.1 Å². The van der Waals surface area contributed by atoms with E-state index < -0.39 is 0 Å². The Bertz CT molecular complexity index is 1130. The van der Waals surface area contributed by atoms with Crippen molar-refractivity contribution in [2.24, 2.45) is 0 Å². The quantitative estimate of drug-likeness (QED) is 0.318. The first-order valence-electron chi connectivity index (χ1n) is 9.19. The highest BCUT2D eigenvalue weighted by atomic mass is 35.5. The molecular weight excluding hydrogens is 420 g/mol. The number of carbonyl (C=O) groups is 1. The number of amides is 1. The third-order valence-corrected chi connectivity index (χ3v) is 6.80. The van der Waals surface area contributed by atoms with Crippen molar-refractivity contribution in [2.45, 2.75) is 18.4 Å². The van der Waals surface area contributed by atoms with Gasteiger partial charge in [0.1, 0.15) is 5.52 Å². The second kappa shape index (κ2) is 8.99. The normalized spacial score (nSPS) is 11.0. The third-order valence-electron chi connectivity index (χ3n) is 4.46. The number of thiazole rings is 1. The number of nitrogens with zero attached hydrogens (tertiary/aromatic N) is 2. The summed E-state index contributed by atoms with van der Waals surface area (Å²) in [5.74, 6) is 0.370. The lowest BCUT2D eigenvalue weighted by Crippen LogP contribution is -2.31. The first kappa shape index (κ1) is 20.0. The predicted molar refractivity (Wildman–Crippen MR) is 124 cm³/mol. The van der Waals surface area contributed by atoms with E-state index in [4.69, 9.17) is 11.6 Å². The number of aryl methyl sites for hydroxylation is 1. The molecule has 1 amide bonds. The molecule has 0 aliphatic rings. The Balaban J connectivity index is 1.60. The molecule has 3 aromatic carbocycles. The fraction of sp³-hybridized carbons (Fsp3) is 0.130. The van der Waals surface area contributed by atoms with Crippen LogP contribution >= 0.6 is 34.7 Å². The fourth-order valence-corrected chi connectivity index (χ4v) is 4.96. The van der Waals surface area contributed by atoms with Crippen molar-refractivity contribution in [3.63, 3.8) is 0 Å². The molecule has 0 spiro atoms. The Hall–Kier alpha value is -2.34. The van der Waals surface area contributed by atoms with Gasteiger partial charge in [-0.3, -0.25) is 9.69 Å². The van der Waals surface area contributed by atoms with Crippen molar-refractivity contribution in [1.29, 1.82) is 0 Å². The number of fused-ring (bicyclic) bond motifs is 1. The highest BCUT2D eigenvalue weighted by Crippen LogP contribution is 2.34. The smallest absolute Gasteiger partial charge is 0.239 e. The van der Waals surface area contributed by atoms with Crippen LogP contribution in [0.15, 0.2) is 77.7 Å². The number of benzene rings is 3. The summed E-state index contributed by atoms with van der Waals surface area (Å²) in [6.45, 7) is 2.53. The molecule has 4 aromatic rings. The molecular formula is C23H19ClN2OS2. The Morgan fingerprint density at radius 1 is 1.03 bits per heavy atom. The summed E-state index contributed by atoms with van der Waals surface area (Å²) >= 11 is 9.34. The van der Waals surface area contributed by atoms with Crippen LogP contribution in [0.3, 0.4) is 0 Å². The van der Waals surface area contributed by atoms with Crippen molar-refractivity contribution in [3.05, 3.63) is 88.9 Å². The van der Waals surface area contributed by atoms with Crippen LogP contribution in [0.2, 0.25) is 5.02 Å². The van der Waals surface area contributed by atoms with Gasteiger partial charge in [-0.1, -0.05) is 77.0 Å². The van der Waals surface area contributed by atoms with Crippen LogP contribution < -0.4 is 4.90 Å². The number of anilines is 1. The zero-order valence-electron chi connectivity index (χ0n) is 15.8. The van der Waals surface area contributed by atoms with Gasteiger partial charge in [0.05, 0.1) is 22.0 Å². The molecule has 3 nitrogen and oxygen atoms in total. The van der Waals surface area contributed by atoms with E-state index in [1.54, 1.807) is 16.7 Å². The summed E-state index contributed by atoms with van der Waals surface area (Å²) in [7, 11) is 0. The van der Waals surface area contributed by atoms with E-state index in [1.165, 1.54) is 16.9 Å². The molecule has 0 aliphatic heterocycles. The summed E-state index contributed by atoms with van der Waals surface area (Å²) < 4.78 is 0.976. The molecule has 0 bridgehead atoms. The standard InChI is InChI=1S/C23H19ClN2OS2/c1-16-10-12-18(13-11-16)28-15-21(27)26(14-17-6-3-2-4-7-17)23-25-22-19(24)8-5-9-20(22)29-23/h2-13H,14-15H2,1H3. The van der Waals surface area contributed by atoms with Crippen LogP contribution in [0.25, 0.3) is 10.2 Å². The summed E-state index contributed by atoms with van der Waals surface area (Å²) in [5, 5.41) is 1.28. The van der Waals surface area contributed by atoms with Gasteiger partial charge < -0.3 is 0 Å². The van der Waals surface area contributed by atoms with Gasteiger partial charge in [0, 0.05) is 4.90 Å². The number of carbonyl (C=O) groups excluding carboxylic acids is 1. The van der Waals surface area contributed by atoms with Crippen LogP contribution in [-0.2, 0) is 11.3 Å². The van der Waals surface area contributed by atoms with Crippen molar-refractivity contribution >= 4 is 56.0 Å². The van der Waals surface area contributed by atoms with Gasteiger partial charge in [0.2, 0.25) is 5.91 Å². The molecule has 0 saturated carbocycles. The maximum absolute atomic E-state index is 13.2. The van der Waals surface area contributed by atoms with Gasteiger partial charge in [-0.2, -0.15) is 0 Å². The molecule has 0 atom stereocenters. The number of hydrogen-bond donors (Lipinski definition) is 0. The van der Waals surface area contributed by atoms with Crippen molar-refractivity contribution in [1.82, 2.24) is 4.98 Å². The van der Waals surface area contributed by atoms with Gasteiger partial charge >= 0.3 is 0 Å². The number of hydrogen-bond acceptors (Lipinski definition) is 4. The second-order valence-corrected chi connectivity index (χ2v) is 9.12. The van der Waals surface area contributed by atoms with Gasteiger partial charge in [-0.05, 0) is 36.8 Å². The van der Waals surface area contributed by atoms with Crippen molar-refractivity contribution in [3.8, 4) is 0 Å². The molecule has 0 fully saturated rings. The van der Waals surface area contributed by atoms with E-state index >= 15 is 0 Å². The molecule has 4 rings (SSSR count). The number of thioether (sulfide) groups is 1. The van der Waals surface area contributed by atoms with Crippen molar-refractivity contribution < 1.29 is 4.79 Å². The molecule has 1 heterocycles. The zero-order valence-corrected chi connectivity index (χ0v) is 18.2. The van der Waals surface area contributed by atoms with Crippen LogP contribution in [0, 0.1) is 6.92 Å². The molecule has 0 saturated heterocycles. The Morgan fingerprint density at radius 3 is 2.52 bits per heavy atom. The topological polar surface area (TPSA) is 33.2 Å². The average Bonchev–Trinajstić information content (AvgIpc) is 3.17. The van der Waals surface area contributed by atoms with Gasteiger partial charge in [0.15, 0.2) is 5.13 Å². The molecule has 0 aliphatic carbocycles. The molecule has 6 heteroatoms. The zero-order chi connectivity index (χ0) is 20.2. The largest absolute Gasteiger partial charge is 0.283 e. The summed E-state index contributed by atoms with van der Waals surface area (Å²) in [5.41, 5.74) is 3.01. The lowest BCUT2D eigenvalue weighted by molar-refractivity contribution is -0.116. The molecule has 0 radical (unpaired) electrons. The second-order valence-electron chi connectivity index (χ2n) is 6.65. The van der Waals surface area contributed by atoms with Gasteiger partial charge in [0.25, 0.3) is 0 Å². The highest BCUT2D eigenvalue weighted by Gasteiger charge is 2.21. The van der Waals surface area contributed by atoms with E-state index in [-0.39, 0.29) is 5.91 Å². The number of para-hydroxylation sites is 1.